The van der Waals surface area contributed by atoms with Gasteiger partial charge in [-0.15, -0.1) is 0 Å². The van der Waals surface area contributed by atoms with Gasteiger partial charge in [-0.1, -0.05) is 43.2 Å². The van der Waals surface area contributed by atoms with E-state index in [-0.39, 0.29) is 42.3 Å². The summed E-state index contributed by atoms with van der Waals surface area (Å²) < 4.78 is 5.62. The topological polar surface area (TPSA) is 117 Å². The minimum absolute atomic E-state index is 0.0227. The zero-order valence-electron chi connectivity index (χ0n) is 27.3. The van der Waals surface area contributed by atoms with E-state index in [1.807, 2.05) is 57.3 Å². The first-order chi connectivity index (χ1) is 21.9. The van der Waals surface area contributed by atoms with Crippen LogP contribution in [0.15, 0.2) is 48.7 Å². The first-order valence-electron chi connectivity index (χ1n) is 17.0. The van der Waals surface area contributed by atoms with Crippen LogP contribution in [0, 0.1) is 29.1 Å². The number of ether oxygens (including phenoxy) is 1. The Kier molecular flexibility index (Phi) is 9.07. The second-order valence-electron chi connectivity index (χ2n) is 15.0. The number of rotatable bonds is 5. The molecule has 1 amide bonds. The van der Waals surface area contributed by atoms with Gasteiger partial charge in [0.2, 0.25) is 5.91 Å². The molecule has 4 heterocycles. The molecular weight excluding hydrogens is 582 g/mol. The van der Waals surface area contributed by atoms with E-state index >= 15 is 0 Å². The average molecular weight is 630 g/mol. The van der Waals surface area contributed by atoms with Crippen molar-refractivity contribution in [1.82, 2.24) is 14.8 Å². The Morgan fingerprint density at radius 1 is 1.07 bits per heavy atom. The van der Waals surface area contributed by atoms with Crippen molar-refractivity contribution in [2.24, 2.45) is 29.1 Å². The molecule has 1 aromatic heterocycles. The third-order valence-electron chi connectivity index (χ3n) is 10.5. The van der Waals surface area contributed by atoms with Crippen molar-refractivity contribution in [3.8, 4) is 0 Å². The number of allylic oxidation sites excluding steroid dienone is 2. The van der Waals surface area contributed by atoms with Crippen LogP contribution >= 0.6 is 0 Å². The maximum absolute atomic E-state index is 14.4. The predicted molar refractivity (Wildman–Crippen MR) is 173 cm³/mol. The number of carboxylic acids is 1. The molecule has 0 spiro atoms. The molecule has 1 aromatic carbocycles. The lowest BCUT2D eigenvalue weighted by atomic mass is 9.85. The number of Topliss-reactive ketones (excluding diaryl/α,β-unsaturated/α-hetero) is 1. The summed E-state index contributed by atoms with van der Waals surface area (Å²) in [5.74, 6) is -2.44. The Morgan fingerprint density at radius 3 is 2.65 bits per heavy atom. The standard InChI is InChI=1S/C37H47N3O6/c1-36(2,3)46-32(42)17-24-11-7-5-4-6-8-12-27-18-37(27,35(44)45)19-31(41)33-29-23-39(21-26(29)22-40(33)34(24)43)20-25-15-16-38-30-14-10-9-13-28(25)30/h8-10,12-16,24,26-27,29,33H,4-7,11,17-23H2,1-3H3,(H,44,45)/b12-8-/t24-,26+,27-,29+,33+,37-/m1/s1. The lowest BCUT2D eigenvalue weighted by Gasteiger charge is -2.32. The Morgan fingerprint density at radius 2 is 1.87 bits per heavy atom. The molecule has 9 nitrogen and oxygen atoms in total. The Hall–Kier alpha value is -3.59. The Bertz CT molecular complexity index is 1530. The highest BCUT2D eigenvalue weighted by Crippen LogP contribution is 2.57. The summed E-state index contributed by atoms with van der Waals surface area (Å²) in [6.07, 6.45) is 10.2. The predicted octanol–water partition coefficient (Wildman–Crippen LogP) is 5.41. The number of carboxylic acid groups (broad SMARTS) is 1. The number of fused-ring (bicyclic) bond motifs is 5. The molecule has 1 aliphatic carbocycles. The molecule has 1 saturated carbocycles. The molecule has 46 heavy (non-hydrogen) atoms. The first kappa shape index (κ1) is 32.4. The van der Waals surface area contributed by atoms with Crippen LogP contribution in [-0.4, -0.2) is 74.8 Å². The number of likely N-dealkylation sites (tertiary alicyclic amines) is 1. The monoisotopic (exact) mass is 629 g/mol. The molecule has 1 N–H and O–H groups in total. The highest BCUT2D eigenvalue weighted by molar-refractivity contribution is 5.95. The fraction of sp³-hybridized carbons (Fsp3) is 0.595. The van der Waals surface area contributed by atoms with Crippen LogP contribution in [0.4, 0.5) is 0 Å². The molecule has 0 bridgehead atoms. The molecule has 2 saturated heterocycles. The molecule has 0 unspecified atom stereocenters. The van der Waals surface area contributed by atoms with E-state index < -0.39 is 34.9 Å². The van der Waals surface area contributed by atoms with Crippen molar-refractivity contribution < 1.29 is 29.0 Å². The maximum Gasteiger partial charge on any atom is 0.310 e. The number of carbonyl (C=O) groups excluding carboxylic acids is 3. The van der Waals surface area contributed by atoms with Gasteiger partial charge in [-0.05, 0) is 76.0 Å². The minimum Gasteiger partial charge on any atom is -0.481 e. The van der Waals surface area contributed by atoms with Gasteiger partial charge in [0.1, 0.15) is 5.60 Å². The highest BCUT2D eigenvalue weighted by atomic mass is 16.6. The number of carbonyl (C=O) groups is 4. The minimum atomic E-state index is -1.11. The molecule has 2 aromatic rings. The zero-order valence-corrected chi connectivity index (χ0v) is 27.3. The largest absolute Gasteiger partial charge is 0.481 e. The molecule has 9 heteroatoms. The van der Waals surface area contributed by atoms with Crippen LogP contribution in [0.2, 0.25) is 0 Å². The smallest absolute Gasteiger partial charge is 0.310 e. The van der Waals surface area contributed by atoms with Gasteiger partial charge >= 0.3 is 11.9 Å². The molecule has 6 rings (SSSR count). The van der Waals surface area contributed by atoms with Gasteiger partial charge in [-0.3, -0.25) is 29.1 Å². The summed E-state index contributed by atoms with van der Waals surface area (Å²) in [4.78, 5) is 62.8. The van der Waals surface area contributed by atoms with E-state index in [9.17, 15) is 24.3 Å². The van der Waals surface area contributed by atoms with E-state index in [0.29, 0.717) is 32.5 Å². The number of aliphatic carboxylic acids is 1. The van der Waals surface area contributed by atoms with Gasteiger partial charge in [0, 0.05) is 56.0 Å². The van der Waals surface area contributed by atoms with Gasteiger partial charge in [0.25, 0.3) is 0 Å². The van der Waals surface area contributed by atoms with Crippen LogP contribution in [0.25, 0.3) is 10.9 Å². The van der Waals surface area contributed by atoms with Crippen molar-refractivity contribution in [3.05, 3.63) is 54.2 Å². The van der Waals surface area contributed by atoms with Gasteiger partial charge in [-0.25, -0.2) is 0 Å². The lowest BCUT2D eigenvalue weighted by Crippen LogP contribution is -2.48. The van der Waals surface area contributed by atoms with Crippen molar-refractivity contribution in [2.75, 3.05) is 19.6 Å². The number of hydrogen-bond donors (Lipinski definition) is 1. The summed E-state index contributed by atoms with van der Waals surface area (Å²) >= 11 is 0. The van der Waals surface area contributed by atoms with Crippen molar-refractivity contribution >= 4 is 34.5 Å². The van der Waals surface area contributed by atoms with Crippen LogP contribution in [-0.2, 0) is 30.5 Å². The Balaban J connectivity index is 1.28. The fourth-order valence-corrected chi connectivity index (χ4v) is 8.19. The van der Waals surface area contributed by atoms with Crippen molar-refractivity contribution in [2.45, 2.75) is 90.3 Å². The van der Waals surface area contributed by atoms with Gasteiger partial charge < -0.3 is 14.7 Å². The van der Waals surface area contributed by atoms with E-state index in [1.165, 1.54) is 5.56 Å². The maximum atomic E-state index is 14.4. The second kappa shape index (κ2) is 12.9. The summed E-state index contributed by atoms with van der Waals surface area (Å²) in [7, 11) is 0. The molecule has 3 fully saturated rings. The molecule has 3 aliphatic heterocycles. The van der Waals surface area contributed by atoms with Crippen LogP contribution in [0.5, 0.6) is 0 Å². The number of nitrogens with zero attached hydrogens (tertiary/aromatic N) is 3. The highest BCUT2D eigenvalue weighted by Gasteiger charge is 2.62. The number of para-hydroxylation sites is 1. The molecule has 4 aliphatic rings. The fourth-order valence-electron chi connectivity index (χ4n) is 8.19. The second-order valence-corrected chi connectivity index (χ2v) is 15.0. The average Bonchev–Trinajstić information content (AvgIpc) is 3.37. The van der Waals surface area contributed by atoms with E-state index in [2.05, 4.69) is 22.0 Å². The number of hydrogen-bond acceptors (Lipinski definition) is 7. The van der Waals surface area contributed by atoms with Crippen molar-refractivity contribution in [3.63, 3.8) is 0 Å². The SMILES string of the molecule is CC(C)(C)OC(=O)C[C@H]1CCCCC/C=C\[C@@H]2C[C@@]2(C(=O)O)CC(=O)[C@@H]2[C@H]3CN(Cc4ccnc5ccccc45)C[C@H]3CN2C1=O. The first-order valence-corrected chi connectivity index (χ1v) is 17.0. The number of benzene rings is 1. The normalized spacial score (nSPS) is 31.4. The number of pyridine rings is 1. The summed E-state index contributed by atoms with van der Waals surface area (Å²) in [6.45, 7) is 7.97. The molecule has 6 atom stereocenters. The lowest BCUT2D eigenvalue weighted by molar-refractivity contribution is -0.159. The van der Waals surface area contributed by atoms with Gasteiger partial charge in [0.15, 0.2) is 5.78 Å². The molecule has 246 valence electrons. The van der Waals surface area contributed by atoms with Crippen LogP contribution in [0.1, 0.15) is 77.7 Å². The molecule has 0 radical (unpaired) electrons. The zero-order chi connectivity index (χ0) is 32.6. The molecular formula is C37H47N3O6. The van der Waals surface area contributed by atoms with Crippen LogP contribution in [0.3, 0.4) is 0 Å². The number of amides is 1. The Labute approximate surface area is 271 Å². The third kappa shape index (κ3) is 6.75. The van der Waals surface area contributed by atoms with Gasteiger partial charge in [-0.2, -0.15) is 0 Å². The van der Waals surface area contributed by atoms with E-state index in [0.717, 1.165) is 43.1 Å². The third-order valence-corrected chi connectivity index (χ3v) is 10.5. The number of ketones is 1. The summed E-state index contributed by atoms with van der Waals surface area (Å²) in [5.41, 5.74) is 0.341. The van der Waals surface area contributed by atoms with E-state index in [4.69, 9.17) is 4.74 Å². The summed E-state index contributed by atoms with van der Waals surface area (Å²) in [6, 6.07) is 9.41. The number of aromatic nitrogens is 1. The van der Waals surface area contributed by atoms with Crippen molar-refractivity contribution in [1.29, 1.82) is 0 Å². The van der Waals surface area contributed by atoms with Gasteiger partial charge in [0.05, 0.1) is 23.4 Å². The van der Waals surface area contributed by atoms with Crippen LogP contribution < -0.4 is 0 Å². The quantitative estimate of drug-likeness (QED) is 0.345. The summed E-state index contributed by atoms with van der Waals surface area (Å²) in [5, 5.41) is 11.4. The van der Waals surface area contributed by atoms with E-state index in [1.54, 1.807) is 4.90 Å². The number of esters is 1.